The number of hydrogen-bond donors (Lipinski definition) is 2. The molecule has 0 spiro atoms. The summed E-state index contributed by atoms with van der Waals surface area (Å²) in [7, 11) is 0. The van der Waals surface area contributed by atoms with Crippen molar-refractivity contribution in [3.8, 4) is 0 Å². The summed E-state index contributed by atoms with van der Waals surface area (Å²) in [6.07, 6.45) is 2.54. The molecule has 2 aromatic rings. The van der Waals surface area contributed by atoms with Gasteiger partial charge in [0.2, 0.25) is 0 Å². The van der Waals surface area contributed by atoms with Crippen molar-refractivity contribution < 1.29 is 9.90 Å². The molecule has 100 valence electrons. The van der Waals surface area contributed by atoms with Gasteiger partial charge in [0.25, 0.3) is 5.91 Å². The molecule has 0 saturated carbocycles. The van der Waals surface area contributed by atoms with E-state index in [1.54, 1.807) is 6.20 Å². The lowest BCUT2D eigenvalue weighted by Crippen LogP contribution is -2.27. The molecule has 4 nitrogen and oxygen atoms in total. The average molecular weight is 258 g/mol. The van der Waals surface area contributed by atoms with Crippen LogP contribution in [-0.2, 0) is 0 Å². The SMILES string of the molecule is CCC(O)CCNC(=O)c1nccc2ccccc12. The number of nitrogens with one attached hydrogen (secondary N) is 1. The zero-order valence-electron chi connectivity index (χ0n) is 11.0. The van der Waals surface area contributed by atoms with E-state index in [1.165, 1.54) is 0 Å². The number of rotatable bonds is 5. The number of carbonyl (C=O) groups excluding carboxylic acids is 1. The van der Waals surface area contributed by atoms with Crippen LogP contribution in [0, 0.1) is 0 Å². The van der Waals surface area contributed by atoms with E-state index < -0.39 is 0 Å². The fourth-order valence-corrected chi connectivity index (χ4v) is 1.94. The molecule has 0 fully saturated rings. The zero-order valence-corrected chi connectivity index (χ0v) is 11.0. The maximum absolute atomic E-state index is 12.1. The summed E-state index contributed by atoms with van der Waals surface area (Å²) in [4.78, 5) is 16.2. The maximum Gasteiger partial charge on any atom is 0.270 e. The monoisotopic (exact) mass is 258 g/mol. The molecule has 0 aliphatic rings. The summed E-state index contributed by atoms with van der Waals surface area (Å²) in [5.41, 5.74) is 0.434. The van der Waals surface area contributed by atoms with Crippen molar-refractivity contribution >= 4 is 16.7 Å². The van der Waals surface area contributed by atoms with E-state index in [4.69, 9.17) is 0 Å². The Labute approximate surface area is 112 Å². The molecule has 0 aliphatic carbocycles. The van der Waals surface area contributed by atoms with Gasteiger partial charge in [-0.1, -0.05) is 31.2 Å². The first-order chi connectivity index (χ1) is 9.22. The first-order valence-electron chi connectivity index (χ1n) is 6.52. The molecule has 1 atom stereocenters. The number of pyridine rings is 1. The third-order valence-corrected chi connectivity index (χ3v) is 3.12. The highest BCUT2D eigenvalue weighted by Gasteiger charge is 2.11. The van der Waals surface area contributed by atoms with E-state index in [-0.39, 0.29) is 12.0 Å². The number of hydrogen-bond acceptors (Lipinski definition) is 3. The van der Waals surface area contributed by atoms with E-state index in [0.717, 1.165) is 10.8 Å². The van der Waals surface area contributed by atoms with Crippen LogP contribution in [0.25, 0.3) is 10.8 Å². The van der Waals surface area contributed by atoms with Crippen molar-refractivity contribution in [2.45, 2.75) is 25.9 Å². The van der Waals surface area contributed by atoms with Crippen LogP contribution in [0.3, 0.4) is 0 Å². The minimum Gasteiger partial charge on any atom is -0.393 e. The summed E-state index contributed by atoms with van der Waals surface area (Å²) in [6.45, 7) is 2.37. The van der Waals surface area contributed by atoms with Gasteiger partial charge in [0.15, 0.2) is 0 Å². The topological polar surface area (TPSA) is 62.2 Å². The highest BCUT2D eigenvalue weighted by Crippen LogP contribution is 2.15. The van der Waals surface area contributed by atoms with E-state index in [2.05, 4.69) is 10.3 Å². The lowest BCUT2D eigenvalue weighted by molar-refractivity contribution is 0.0939. The highest BCUT2D eigenvalue weighted by atomic mass is 16.3. The predicted molar refractivity (Wildman–Crippen MR) is 75.0 cm³/mol. The largest absolute Gasteiger partial charge is 0.393 e. The van der Waals surface area contributed by atoms with Gasteiger partial charge in [0.05, 0.1) is 6.10 Å². The van der Waals surface area contributed by atoms with E-state index in [9.17, 15) is 9.90 Å². The van der Waals surface area contributed by atoms with E-state index in [1.807, 2.05) is 37.3 Å². The van der Waals surface area contributed by atoms with Gasteiger partial charge in [-0.15, -0.1) is 0 Å². The Balaban J connectivity index is 2.09. The van der Waals surface area contributed by atoms with Gasteiger partial charge >= 0.3 is 0 Å². The lowest BCUT2D eigenvalue weighted by atomic mass is 10.1. The summed E-state index contributed by atoms with van der Waals surface area (Å²) < 4.78 is 0. The first-order valence-corrected chi connectivity index (χ1v) is 6.52. The number of aromatic nitrogens is 1. The third kappa shape index (κ3) is 3.29. The summed E-state index contributed by atoms with van der Waals surface area (Å²) in [5, 5.41) is 14.1. The van der Waals surface area contributed by atoms with Crippen molar-refractivity contribution in [1.82, 2.24) is 10.3 Å². The smallest absolute Gasteiger partial charge is 0.270 e. The Morgan fingerprint density at radius 1 is 1.37 bits per heavy atom. The zero-order chi connectivity index (χ0) is 13.7. The number of fused-ring (bicyclic) bond motifs is 1. The molecule has 1 unspecified atom stereocenters. The number of amides is 1. The van der Waals surface area contributed by atoms with Crippen LogP contribution in [0.15, 0.2) is 36.5 Å². The molecule has 1 heterocycles. The summed E-state index contributed by atoms with van der Waals surface area (Å²) >= 11 is 0. The highest BCUT2D eigenvalue weighted by molar-refractivity contribution is 6.05. The average Bonchev–Trinajstić information content (AvgIpc) is 2.46. The summed E-state index contributed by atoms with van der Waals surface area (Å²) in [5.74, 6) is -0.194. The van der Waals surface area contributed by atoms with E-state index in [0.29, 0.717) is 25.1 Å². The van der Waals surface area contributed by atoms with Gasteiger partial charge in [-0.25, -0.2) is 0 Å². The van der Waals surface area contributed by atoms with Crippen LogP contribution in [0.2, 0.25) is 0 Å². The number of nitrogens with zero attached hydrogens (tertiary/aromatic N) is 1. The molecule has 19 heavy (non-hydrogen) atoms. The van der Waals surface area contributed by atoms with Crippen LogP contribution < -0.4 is 5.32 Å². The van der Waals surface area contributed by atoms with Crippen molar-refractivity contribution in [3.63, 3.8) is 0 Å². The Kier molecular flexibility index (Phi) is 4.47. The van der Waals surface area contributed by atoms with Gasteiger partial charge in [-0.3, -0.25) is 9.78 Å². The third-order valence-electron chi connectivity index (χ3n) is 3.12. The fraction of sp³-hybridized carbons (Fsp3) is 0.333. The molecule has 2 rings (SSSR count). The van der Waals surface area contributed by atoms with Crippen molar-refractivity contribution in [2.24, 2.45) is 0 Å². The molecular weight excluding hydrogens is 240 g/mol. The number of aliphatic hydroxyl groups excluding tert-OH is 1. The van der Waals surface area contributed by atoms with Gasteiger partial charge in [0.1, 0.15) is 5.69 Å². The summed E-state index contributed by atoms with van der Waals surface area (Å²) in [6, 6.07) is 9.54. The minimum absolute atomic E-state index is 0.194. The van der Waals surface area contributed by atoms with Crippen LogP contribution in [0.4, 0.5) is 0 Å². The van der Waals surface area contributed by atoms with Gasteiger partial charge in [-0.2, -0.15) is 0 Å². The second kappa shape index (κ2) is 6.29. The Morgan fingerprint density at radius 2 is 2.16 bits per heavy atom. The van der Waals surface area contributed by atoms with Crippen molar-refractivity contribution in [2.75, 3.05) is 6.54 Å². The second-order valence-electron chi connectivity index (χ2n) is 4.49. The van der Waals surface area contributed by atoms with Crippen LogP contribution in [0.1, 0.15) is 30.3 Å². The quantitative estimate of drug-likeness (QED) is 0.863. The van der Waals surface area contributed by atoms with E-state index >= 15 is 0 Å². The molecule has 0 aliphatic heterocycles. The van der Waals surface area contributed by atoms with Crippen LogP contribution in [0.5, 0.6) is 0 Å². The number of benzene rings is 1. The molecule has 1 aromatic carbocycles. The maximum atomic E-state index is 12.1. The second-order valence-corrected chi connectivity index (χ2v) is 4.49. The van der Waals surface area contributed by atoms with Crippen molar-refractivity contribution in [1.29, 1.82) is 0 Å². The molecule has 4 heteroatoms. The molecule has 0 bridgehead atoms. The van der Waals surface area contributed by atoms with Gasteiger partial charge in [-0.05, 0) is 24.3 Å². The van der Waals surface area contributed by atoms with Crippen LogP contribution >= 0.6 is 0 Å². The standard InChI is InChI=1S/C15H18N2O2/c1-2-12(18)8-10-17-15(19)14-13-6-4-3-5-11(13)7-9-16-14/h3-7,9,12,18H,2,8,10H2,1H3,(H,17,19). The number of carbonyl (C=O) groups is 1. The lowest BCUT2D eigenvalue weighted by Gasteiger charge is -2.09. The van der Waals surface area contributed by atoms with Gasteiger partial charge in [0, 0.05) is 18.1 Å². The fourth-order valence-electron chi connectivity index (χ4n) is 1.94. The Hall–Kier alpha value is -1.94. The molecule has 1 amide bonds. The minimum atomic E-state index is -0.360. The molecule has 1 aromatic heterocycles. The molecule has 2 N–H and O–H groups in total. The van der Waals surface area contributed by atoms with Crippen LogP contribution in [-0.4, -0.2) is 28.6 Å². The van der Waals surface area contributed by atoms with Crippen molar-refractivity contribution in [3.05, 3.63) is 42.2 Å². The Bertz CT molecular complexity index is 564. The Morgan fingerprint density at radius 3 is 2.95 bits per heavy atom. The predicted octanol–water partition coefficient (Wildman–Crippen LogP) is 2.13. The molecular formula is C15H18N2O2. The molecule has 0 saturated heterocycles. The number of aliphatic hydroxyl groups is 1. The normalized spacial score (nSPS) is 12.3. The first kappa shape index (κ1) is 13.5. The van der Waals surface area contributed by atoms with Gasteiger partial charge < -0.3 is 10.4 Å². The molecule has 0 radical (unpaired) electrons.